The molecular formula is C24H24ClN3O3. The first-order valence-corrected chi connectivity index (χ1v) is 11.1. The molecule has 160 valence electrons. The van der Waals surface area contributed by atoms with Crippen molar-refractivity contribution in [2.75, 3.05) is 18.5 Å². The molecule has 3 heterocycles. The average Bonchev–Trinajstić information content (AvgIpc) is 2.94. The van der Waals surface area contributed by atoms with Crippen LogP contribution in [0.25, 0.3) is 11.4 Å². The maximum atomic E-state index is 13.3. The summed E-state index contributed by atoms with van der Waals surface area (Å²) in [6.45, 7) is 2.01. The first kappa shape index (κ1) is 19.9. The van der Waals surface area contributed by atoms with Crippen molar-refractivity contribution in [3.05, 3.63) is 58.9 Å². The quantitative estimate of drug-likeness (QED) is 0.600. The van der Waals surface area contributed by atoms with Crippen LogP contribution >= 0.6 is 11.6 Å². The number of amides is 1. The molecule has 0 fully saturated rings. The first-order valence-electron chi connectivity index (χ1n) is 10.8. The van der Waals surface area contributed by atoms with E-state index in [9.17, 15) is 4.79 Å². The monoisotopic (exact) mass is 437 g/mol. The van der Waals surface area contributed by atoms with E-state index in [1.165, 1.54) is 0 Å². The smallest absolute Gasteiger partial charge is 0.276 e. The summed E-state index contributed by atoms with van der Waals surface area (Å²) in [5.74, 6) is 1.77. The van der Waals surface area contributed by atoms with Crippen molar-refractivity contribution < 1.29 is 14.3 Å². The molecule has 0 unspecified atom stereocenters. The summed E-state index contributed by atoms with van der Waals surface area (Å²) < 4.78 is 13.6. The minimum absolute atomic E-state index is 0.260. The second-order valence-corrected chi connectivity index (χ2v) is 8.25. The van der Waals surface area contributed by atoms with Crippen LogP contribution in [0.2, 0.25) is 5.02 Å². The molecule has 0 saturated carbocycles. The standard InChI is InChI=1S/C24H24ClN3O3/c25-17-14-20-21(31-13-7-12-30-20)15-18(17)26-24(29)22-19-10-5-2-6-11-28(19)23(27-22)16-8-3-1-4-9-16/h1,3-4,8-9,14-15H,2,5-7,10-13H2,(H,26,29). The molecule has 2 aliphatic heterocycles. The fraction of sp³-hybridized carbons (Fsp3) is 0.333. The van der Waals surface area contributed by atoms with Gasteiger partial charge in [-0.25, -0.2) is 4.98 Å². The van der Waals surface area contributed by atoms with Crippen LogP contribution in [0.5, 0.6) is 11.5 Å². The Morgan fingerprint density at radius 1 is 1.00 bits per heavy atom. The molecule has 5 rings (SSSR count). The molecule has 2 aliphatic rings. The summed E-state index contributed by atoms with van der Waals surface area (Å²) in [6, 6.07) is 13.5. The second kappa shape index (κ2) is 8.63. The highest BCUT2D eigenvalue weighted by molar-refractivity contribution is 6.34. The molecular weight excluding hydrogens is 414 g/mol. The van der Waals surface area contributed by atoms with Crippen molar-refractivity contribution in [1.29, 1.82) is 0 Å². The SMILES string of the molecule is O=C(Nc1cc2c(cc1Cl)OCCCO2)c1nc(-c2ccccc2)n2c1CCCCC2. The number of rotatable bonds is 3. The summed E-state index contributed by atoms with van der Waals surface area (Å²) >= 11 is 6.44. The third kappa shape index (κ3) is 4.00. The van der Waals surface area contributed by atoms with Crippen molar-refractivity contribution >= 4 is 23.2 Å². The lowest BCUT2D eigenvalue weighted by atomic mass is 10.1. The van der Waals surface area contributed by atoms with E-state index in [-0.39, 0.29) is 5.91 Å². The van der Waals surface area contributed by atoms with Crippen LogP contribution in [0.3, 0.4) is 0 Å². The normalized spacial score (nSPS) is 15.5. The highest BCUT2D eigenvalue weighted by Crippen LogP contribution is 2.38. The number of anilines is 1. The van der Waals surface area contributed by atoms with E-state index in [4.69, 9.17) is 26.1 Å². The molecule has 1 amide bonds. The largest absolute Gasteiger partial charge is 0.490 e. The molecule has 0 bridgehead atoms. The number of hydrogen-bond donors (Lipinski definition) is 1. The van der Waals surface area contributed by atoms with Crippen LogP contribution < -0.4 is 14.8 Å². The van der Waals surface area contributed by atoms with Gasteiger partial charge < -0.3 is 19.4 Å². The predicted octanol–water partition coefficient (Wildman–Crippen LogP) is 5.34. The maximum absolute atomic E-state index is 13.3. The summed E-state index contributed by atoms with van der Waals surface area (Å²) in [6.07, 6.45) is 4.91. The number of imidazole rings is 1. The van der Waals surface area contributed by atoms with Gasteiger partial charge in [-0.3, -0.25) is 4.79 Å². The van der Waals surface area contributed by atoms with Gasteiger partial charge in [0.2, 0.25) is 0 Å². The van der Waals surface area contributed by atoms with Crippen LogP contribution in [-0.2, 0) is 13.0 Å². The number of aromatic nitrogens is 2. The zero-order valence-electron chi connectivity index (χ0n) is 17.2. The summed E-state index contributed by atoms with van der Waals surface area (Å²) in [4.78, 5) is 18.1. The lowest BCUT2D eigenvalue weighted by molar-refractivity contribution is 0.102. The topological polar surface area (TPSA) is 65.4 Å². The van der Waals surface area contributed by atoms with Crippen molar-refractivity contribution in [1.82, 2.24) is 9.55 Å². The van der Waals surface area contributed by atoms with Crippen molar-refractivity contribution in [3.8, 4) is 22.9 Å². The zero-order chi connectivity index (χ0) is 21.2. The van der Waals surface area contributed by atoms with E-state index in [0.29, 0.717) is 41.1 Å². The number of carbonyl (C=O) groups is 1. The number of hydrogen-bond acceptors (Lipinski definition) is 4. The summed E-state index contributed by atoms with van der Waals surface area (Å²) in [5, 5.41) is 3.36. The van der Waals surface area contributed by atoms with Gasteiger partial charge in [0.15, 0.2) is 11.5 Å². The fourth-order valence-electron chi connectivity index (χ4n) is 4.17. The maximum Gasteiger partial charge on any atom is 0.276 e. The second-order valence-electron chi connectivity index (χ2n) is 7.84. The number of fused-ring (bicyclic) bond motifs is 2. The molecule has 7 heteroatoms. The van der Waals surface area contributed by atoms with Gasteiger partial charge in [-0.15, -0.1) is 0 Å². The molecule has 0 atom stereocenters. The Labute approximate surface area is 186 Å². The highest BCUT2D eigenvalue weighted by atomic mass is 35.5. The number of nitrogens with zero attached hydrogens (tertiary/aromatic N) is 2. The Hall–Kier alpha value is -2.99. The van der Waals surface area contributed by atoms with Crippen molar-refractivity contribution in [3.63, 3.8) is 0 Å². The van der Waals surface area contributed by atoms with Crippen LogP contribution in [0.15, 0.2) is 42.5 Å². The molecule has 0 spiro atoms. The number of benzene rings is 2. The number of halogens is 1. The van der Waals surface area contributed by atoms with Gasteiger partial charge >= 0.3 is 0 Å². The number of nitrogens with one attached hydrogen (secondary N) is 1. The minimum atomic E-state index is -0.260. The van der Waals surface area contributed by atoms with E-state index in [1.54, 1.807) is 12.1 Å². The van der Waals surface area contributed by atoms with E-state index in [0.717, 1.165) is 55.7 Å². The Morgan fingerprint density at radius 2 is 1.77 bits per heavy atom. The molecule has 0 radical (unpaired) electrons. The third-order valence-electron chi connectivity index (χ3n) is 5.70. The van der Waals surface area contributed by atoms with E-state index >= 15 is 0 Å². The number of ether oxygens (including phenoxy) is 2. The predicted molar refractivity (Wildman–Crippen MR) is 120 cm³/mol. The van der Waals surface area contributed by atoms with Gasteiger partial charge in [0.25, 0.3) is 5.91 Å². The highest BCUT2D eigenvalue weighted by Gasteiger charge is 2.25. The van der Waals surface area contributed by atoms with Gasteiger partial charge in [0.1, 0.15) is 11.5 Å². The molecule has 31 heavy (non-hydrogen) atoms. The van der Waals surface area contributed by atoms with Crippen molar-refractivity contribution in [2.45, 2.75) is 38.6 Å². The Kier molecular flexibility index (Phi) is 5.55. The van der Waals surface area contributed by atoms with Crippen LogP contribution in [-0.4, -0.2) is 28.7 Å². The molecule has 6 nitrogen and oxygen atoms in total. The van der Waals surface area contributed by atoms with Crippen LogP contribution in [0, 0.1) is 0 Å². The molecule has 1 aromatic heterocycles. The van der Waals surface area contributed by atoms with Crippen LogP contribution in [0.4, 0.5) is 5.69 Å². The number of carbonyl (C=O) groups excluding carboxylic acids is 1. The van der Waals surface area contributed by atoms with Gasteiger partial charge in [0.05, 0.1) is 29.6 Å². The average molecular weight is 438 g/mol. The lowest BCUT2D eigenvalue weighted by Crippen LogP contribution is -2.16. The Balaban J connectivity index is 1.50. The van der Waals surface area contributed by atoms with Gasteiger partial charge in [-0.2, -0.15) is 0 Å². The van der Waals surface area contributed by atoms with Gasteiger partial charge in [-0.1, -0.05) is 48.4 Å². The molecule has 1 N–H and O–H groups in total. The zero-order valence-corrected chi connectivity index (χ0v) is 18.0. The van der Waals surface area contributed by atoms with E-state index in [2.05, 4.69) is 9.88 Å². The molecule has 3 aromatic rings. The van der Waals surface area contributed by atoms with Crippen molar-refractivity contribution in [2.24, 2.45) is 0 Å². The van der Waals surface area contributed by atoms with Gasteiger partial charge in [-0.05, 0) is 19.3 Å². The first-order chi connectivity index (χ1) is 15.2. The van der Waals surface area contributed by atoms with E-state index in [1.807, 2.05) is 30.3 Å². The van der Waals surface area contributed by atoms with Crippen LogP contribution in [0.1, 0.15) is 41.9 Å². The van der Waals surface area contributed by atoms with E-state index < -0.39 is 0 Å². The third-order valence-corrected chi connectivity index (χ3v) is 6.01. The molecule has 2 aromatic carbocycles. The lowest BCUT2D eigenvalue weighted by Gasteiger charge is -2.12. The molecule has 0 saturated heterocycles. The van der Waals surface area contributed by atoms with Gasteiger partial charge in [0, 0.05) is 30.7 Å². The molecule has 0 aliphatic carbocycles. The summed E-state index contributed by atoms with van der Waals surface area (Å²) in [5.41, 5.74) is 2.95. The Bertz CT molecular complexity index is 1110. The fourth-order valence-corrected chi connectivity index (χ4v) is 4.37. The Morgan fingerprint density at radius 3 is 2.58 bits per heavy atom. The summed E-state index contributed by atoms with van der Waals surface area (Å²) in [7, 11) is 0. The minimum Gasteiger partial charge on any atom is -0.490 e.